The van der Waals surface area contributed by atoms with Crippen molar-refractivity contribution in [1.29, 1.82) is 0 Å². The van der Waals surface area contributed by atoms with Crippen molar-refractivity contribution in [1.82, 2.24) is 5.32 Å². The van der Waals surface area contributed by atoms with E-state index in [1.54, 1.807) is 0 Å². The van der Waals surface area contributed by atoms with Crippen LogP contribution in [-0.2, 0) is 14.3 Å². The number of hydrogen-bond acceptors (Lipinski definition) is 5. The van der Waals surface area contributed by atoms with Crippen LogP contribution in [0.25, 0.3) is 0 Å². The number of amides is 1. The van der Waals surface area contributed by atoms with Crippen LogP contribution in [0, 0.1) is 0 Å². The van der Waals surface area contributed by atoms with Crippen molar-refractivity contribution < 1.29 is 24.5 Å². The van der Waals surface area contributed by atoms with Crippen molar-refractivity contribution in [2.45, 2.75) is 321 Å². The van der Waals surface area contributed by atoms with Gasteiger partial charge in [0.1, 0.15) is 0 Å². The molecule has 0 radical (unpaired) electrons. The van der Waals surface area contributed by atoms with E-state index in [0.29, 0.717) is 25.9 Å². The van der Waals surface area contributed by atoms with Crippen LogP contribution in [0.2, 0.25) is 0 Å². The number of carbonyl (C=O) groups excluding carboxylic acids is 2. The number of allylic oxidation sites excluding steroid dienone is 3. The summed E-state index contributed by atoms with van der Waals surface area (Å²) in [5.74, 6) is -0.0725. The highest BCUT2D eigenvalue weighted by Crippen LogP contribution is 2.17. The fraction of sp³-hybridized carbons (Fsp3) is 0.897. The Morgan fingerprint density at radius 1 is 0.438 bits per heavy atom. The van der Waals surface area contributed by atoms with Gasteiger partial charge < -0.3 is 20.3 Å². The van der Waals surface area contributed by atoms with Gasteiger partial charge in [-0.2, -0.15) is 0 Å². The van der Waals surface area contributed by atoms with Gasteiger partial charge in [0, 0.05) is 12.8 Å². The van der Waals surface area contributed by atoms with Crippen molar-refractivity contribution in [2.24, 2.45) is 0 Å². The zero-order chi connectivity index (χ0) is 46.5. The first kappa shape index (κ1) is 62.3. The minimum atomic E-state index is -0.666. The Morgan fingerprint density at radius 3 is 1.19 bits per heavy atom. The smallest absolute Gasteiger partial charge is 0.305 e. The number of rotatable bonds is 53. The van der Waals surface area contributed by atoms with E-state index < -0.39 is 12.1 Å². The lowest BCUT2D eigenvalue weighted by molar-refractivity contribution is -0.143. The van der Waals surface area contributed by atoms with Gasteiger partial charge in [0.05, 0.1) is 25.4 Å². The largest absolute Gasteiger partial charge is 0.465 e. The normalized spacial score (nSPS) is 12.8. The predicted molar refractivity (Wildman–Crippen MR) is 278 cm³/mol. The molecule has 2 atom stereocenters. The SMILES string of the molecule is CCCCCCCCCCCCCCCCC(=O)OCC/C=C\C/C=C\CCCCCCCCCCCCCCCCC(=O)NC(CO)C(O)CCCCCCCCCCCCCC. The number of unbranched alkanes of at least 4 members (excludes halogenated alkanes) is 38. The van der Waals surface area contributed by atoms with Gasteiger partial charge in [-0.3, -0.25) is 9.59 Å². The second-order valence-corrected chi connectivity index (χ2v) is 19.6. The minimum Gasteiger partial charge on any atom is -0.465 e. The molecule has 0 aromatic heterocycles. The highest BCUT2D eigenvalue weighted by atomic mass is 16.5. The molecule has 0 spiro atoms. The van der Waals surface area contributed by atoms with Crippen LogP contribution in [0.15, 0.2) is 24.3 Å². The van der Waals surface area contributed by atoms with Crippen molar-refractivity contribution in [3.63, 3.8) is 0 Å². The van der Waals surface area contributed by atoms with Gasteiger partial charge >= 0.3 is 5.97 Å². The summed E-state index contributed by atoms with van der Waals surface area (Å²) >= 11 is 0. The molecule has 2 unspecified atom stereocenters. The van der Waals surface area contributed by atoms with Crippen LogP contribution in [0.3, 0.4) is 0 Å². The van der Waals surface area contributed by atoms with Crippen molar-refractivity contribution in [3.05, 3.63) is 24.3 Å². The minimum absolute atomic E-state index is 0.0329. The number of hydrogen-bond donors (Lipinski definition) is 3. The maximum Gasteiger partial charge on any atom is 0.305 e. The van der Waals surface area contributed by atoms with E-state index >= 15 is 0 Å². The van der Waals surface area contributed by atoms with Gasteiger partial charge in [-0.05, 0) is 44.9 Å². The first-order valence-electron chi connectivity index (χ1n) is 28.6. The standard InChI is InChI=1S/C58H111NO5/c1-3-5-7-9-11-13-15-17-28-32-36-40-44-48-52-58(63)64-53-49-45-41-37-33-29-26-24-22-20-18-19-21-23-25-27-31-35-39-43-47-51-57(62)59-55(54-60)56(61)50-46-42-38-34-30-16-14-12-10-8-6-4-2/h29,33,41,45,55-56,60-61H,3-28,30-32,34-40,42-44,46-54H2,1-2H3,(H,59,62)/b33-29-,45-41-. The Morgan fingerprint density at radius 2 is 0.781 bits per heavy atom. The monoisotopic (exact) mass is 902 g/mol. The van der Waals surface area contributed by atoms with Gasteiger partial charge in [0.2, 0.25) is 5.91 Å². The van der Waals surface area contributed by atoms with Gasteiger partial charge in [-0.1, -0.05) is 276 Å². The third-order valence-corrected chi connectivity index (χ3v) is 13.3. The molecular weight excluding hydrogens is 791 g/mol. The zero-order valence-corrected chi connectivity index (χ0v) is 43.0. The van der Waals surface area contributed by atoms with Gasteiger partial charge in [0.25, 0.3) is 0 Å². The van der Waals surface area contributed by atoms with E-state index in [4.69, 9.17) is 4.74 Å². The molecule has 6 nitrogen and oxygen atoms in total. The summed E-state index contributed by atoms with van der Waals surface area (Å²) in [7, 11) is 0. The molecule has 0 bridgehead atoms. The Labute approximate surface area is 399 Å². The van der Waals surface area contributed by atoms with Crippen molar-refractivity contribution in [2.75, 3.05) is 13.2 Å². The molecule has 0 rings (SSSR count). The molecule has 3 N–H and O–H groups in total. The van der Waals surface area contributed by atoms with Crippen LogP contribution in [0.4, 0.5) is 0 Å². The Hall–Kier alpha value is -1.66. The fourth-order valence-corrected chi connectivity index (χ4v) is 8.89. The summed E-state index contributed by atoms with van der Waals surface area (Å²) in [4.78, 5) is 24.4. The van der Waals surface area contributed by atoms with Gasteiger partial charge in [0.15, 0.2) is 0 Å². The quantitative estimate of drug-likeness (QED) is 0.0321. The summed E-state index contributed by atoms with van der Waals surface area (Å²) in [6, 6.07) is -0.544. The Bertz CT molecular complexity index is 997. The third kappa shape index (κ3) is 49.8. The molecule has 0 aromatic rings. The van der Waals surface area contributed by atoms with E-state index in [-0.39, 0.29) is 18.5 Å². The number of esters is 1. The third-order valence-electron chi connectivity index (χ3n) is 13.3. The molecular formula is C58H111NO5. The molecule has 64 heavy (non-hydrogen) atoms. The van der Waals surface area contributed by atoms with E-state index in [1.807, 2.05) is 0 Å². The lowest BCUT2D eigenvalue weighted by Gasteiger charge is -2.22. The van der Waals surface area contributed by atoms with Crippen LogP contribution in [0.1, 0.15) is 309 Å². The van der Waals surface area contributed by atoms with E-state index in [0.717, 1.165) is 51.4 Å². The van der Waals surface area contributed by atoms with Crippen LogP contribution >= 0.6 is 0 Å². The zero-order valence-electron chi connectivity index (χ0n) is 43.0. The number of carbonyl (C=O) groups is 2. The molecule has 0 heterocycles. The van der Waals surface area contributed by atoms with Gasteiger partial charge in [-0.15, -0.1) is 0 Å². The second kappa shape index (κ2) is 54.0. The Balaban J connectivity index is 3.44. The van der Waals surface area contributed by atoms with Gasteiger partial charge in [-0.25, -0.2) is 0 Å². The second-order valence-electron chi connectivity index (χ2n) is 19.6. The van der Waals surface area contributed by atoms with Crippen LogP contribution in [0.5, 0.6) is 0 Å². The summed E-state index contributed by atoms with van der Waals surface area (Å²) in [6.07, 6.45) is 64.7. The predicted octanol–water partition coefficient (Wildman–Crippen LogP) is 17.5. The summed E-state index contributed by atoms with van der Waals surface area (Å²) < 4.78 is 5.41. The molecule has 0 aliphatic rings. The van der Waals surface area contributed by atoms with Crippen molar-refractivity contribution in [3.8, 4) is 0 Å². The molecule has 378 valence electrons. The molecule has 0 aromatic carbocycles. The number of nitrogens with one attached hydrogen (secondary N) is 1. The van der Waals surface area contributed by atoms with Crippen LogP contribution in [-0.4, -0.2) is 47.4 Å². The molecule has 0 fully saturated rings. The Kier molecular flexibility index (Phi) is 52.6. The maximum atomic E-state index is 12.4. The summed E-state index contributed by atoms with van der Waals surface area (Å²) in [5.41, 5.74) is 0. The van der Waals surface area contributed by atoms with Crippen LogP contribution < -0.4 is 5.32 Å². The highest BCUT2D eigenvalue weighted by Gasteiger charge is 2.20. The molecule has 0 saturated heterocycles. The first-order chi connectivity index (χ1) is 31.5. The maximum absolute atomic E-state index is 12.4. The lowest BCUT2D eigenvalue weighted by Crippen LogP contribution is -2.45. The summed E-state index contributed by atoms with van der Waals surface area (Å²) in [5, 5.41) is 23.2. The lowest BCUT2D eigenvalue weighted by atomic mass is 10.0. The van der Waals surface area contributed by atoms with E-state index in [1.165, 1.54) is 225 Å². The molecule has 1 amide bonds. The average molecular weight is 903 g/mol. The number of aliphatic hydroxyl groups is 2. The number of ether oxygens (including phenoxy) is 1. The van der Waals surface area contributed by atoms with Crippen molar-refractivity contribution >= 4 is 11.9 Å². The average Bonchev–Trinajstić information content (AvgIpc) is 3.29. The molecule has 0 saturated carbocycles. The molecule has 0 aliphatic heterocycles. The van der Waals surface area contributed by atoms with E-state index in [2.05, 4.69) is 43.5 Å². The highest BCUT2D eigenvalue weighted by molar-refractivity contribution is 5.76. The molecule has 0 aliphatic carbocycles. The number of aliphatic hydroxyl groups excluding tert-OH is 2. The first-order valence-corrected chi connectivity index (χ1v) is 28.6. The van der Waals surface area contributed by atoms with E-state index in [9.17, 15) is 19.8 Å². The fourth-order valence-electron chi connectivity index (χ4n) is 8.89. The summed E-state index contributed by atoms with van der Waals surface area (Å²) in [6.45, 7) is 4.85. The topological polar surface area (TPSA) is 95.9 Å². The molecule has 6 heteroatoms.